The zero-order valence-corrected chi connectivity index (χ0v) is 11.0. The average Bonchev–Trinajstić information content (AvgIpc) is 2.84. The fraction of sp³-hybridized carbons (Fsp3) is 0.0769. The third-order valence-electron chi connectivity index (χ3n) is 3.01. The summed E-state index contributed by atoms with van der Waals surface area (Å²) in [6, 6.07) is 3.33. The summed E-state index contributed by atoms with van der Waals surface area (Å²) >= 11 is 5.83. The quantitative estimate of drug-likeness (QED) is 0.648. The fourth-order valence-corrected chi connectivity index (χ4v) is 2.17. The molecule has 0 unspecified atom stereocenters. The van der Waals surface area contributed by atoms with Gasteiger partial charge in [-0.15, -0.1) is 0 Å². The Hall–Kier alpha value is -2.21. The molecule has 2 heterocycles. The molecule has 0 bridgehead atoms. The van der Waals surface area contributed by atoms with E-state index in [2.05, 4.69) is 4.98 Å². The summed E-state index contributed by atoms with van der Waals surface area (Å²) in [5.41, 5.74) is 0.0612. The summed E-state index contributed by atoms with van der Waals surface area (Å²) in [6.45, 7) is 1.69. The normalized spacial score (nSPS) is 11.2. The third kappa shape index (κ3) is 1.80. The van der Waals surface area contributed by atoms with Gasteiger partial charge in [-0.1, -0.05) is 11.6 Å². The van der Waals surface area contributed by atoms with Crippen molar-refractivity contribution in [2.24, 2.45) is 0 Å². The van der Waals surface area contributed by atoms with Crippen LogP contribution in [0.25, 0.3) is 11.3 Å². The van der Waals surface area contributed by atoms with Crippen molar-refractivity contribution >= 4 is 17.2 Å². The molecule has 3 aromatic rings. The van der Waals surface area contributed by atoms with Gasteiger partial charge >= 0.3 is 0 Å². The SMILES string of the molecule is Cc1cc(-n2c(=O)cc(F)n3cncc23)c(F)cc1Cl. The highest BCUT2D eigenvalue weighted by molar-refractivity contribution is 6.31. The van der Waals surface area contributed by atoms with Gasteiger partial charge in [-0.3, -0.25) is 13.8 Å². The summed E-state index contributed by atoms with van der Waals surface area (Å²) in [5.74, 6) is -1.43. The Bertz CT molecular complexity index is 885. The van der Waals surface area contributed by atoms with Crippen molar-refractivity contribution < 1.29 is 8.78 Å². The maximum atomic E-state index is 14.1. The van der Waals surface area contributed by atoms with E-state index in [1.165, 1.54) is 18.6 Å². The second-order valence-electron chi connectivity index (χ2n) is 4.32. The number of rotatable bonds is 1. The van der Waals surface area contributed by atoms with Crippen molar-refractivity contribution in [2.75, 3.05) is 0 Å². The van der Waals surface area contributed by atoms with Crippen molar-refractivity contribution in [3.05, 3.63) is 63.4 Å². The van der Waals surface area contributed by atoms with E-state index in [1.54, 1.807) is 6.92 Å². The number of hydrogen-bond acceptors (Lipinski definition) is 2. The first-order chi connectivity index (χ1) is 9.49. The van der Waals surface area contributed by atoms with E-state index in [0.717, 1.165) is 21.1 Å². The summed E-state index contributed by atoms with van der Waals surface area (Å²) in [6.07, 6.45) is 2.50. The van der Waals surface area contributed by atoms with E-state index >= 15 is 0 Å². The predicted octanol–water partition coefficient (Wildman–Crippen LogP) is 2.73. The van der Waals surface area contributed by atoms with Crippen LogP contribution >= 0.6 is 11.6 Å². The lowest BCUT2D eigenvalue weighted by atomic mass is 10.2. The molecule has 0 amide bonds. The van der Waals surface area contributed by atoms with Crippen molar-refractivity contribution in [1.29, 1.82) is 0 Å². The van der Waals surface area contributed by atoms with Crippen LogP contribution in [-0.4, -0.2) is 14.0 Å². The largest absolute Gasteiger partial charge is 0.269 e. The molecule has 0 aliphatic rings. The van der Waals surface area contributed by atoms with Crippen LogP contribution in [0.4, 0.5) is 8.78 Å². The molecule has 0 atom stereocenters. The van der Waals surface area contributed by atoms with Crippen molar-refractivity contribution in [1.82, 2.24) is 14.0 Å². The number of aromatic nitrogens is 3. The molecule has 20 heavy (non-hydrogen) atoms. The van der Waals surface area contributed by atoms with Gasteiger partial charge in [0.15, 0.2) is 0 Å². The first-order valence-electron chi connectivity index (χ1n) is 5.68. The molecule has 0 fully saturated rings. The average molecular weight is 296 g/mol. The lowest BCUT2D eigenvalue weighted by Gasteiger charge is -2.11. The Kier molecular flexibility index (Phi) is 2.83. The standard InChI is InChI=1S/C13H8ClF2N3O/c1-7-2-10(9(15)3-8(7)14)19-12-5-17-6-18(12)11(16)4-13(19)20/h2-6H,1H3. The highest BCUT2D eigenvalue weighted by atomic mass is 35.5. The Morgan fingerprint density at radius 1 is 1.25 bits per heavy atom. The summed E-state index contributed by atoms with van der Waals surface area (Å²) in [7, 11) is 0. The molecular formula is C13H8ClF2N3O. The maximum Gasteiger partial charge on any atom is 0.261 e. The second kappa shape index (κ2) is 4.42. The molecule has 0 aliphatic heterocycles. The minimum atomic E-state index is -0.759. The topological polar surface area (TPSA) is 39.3 Å². The third-order valence-corrected chi connectivity index (χ3v) is 3.42. The van der Waals surface area contributed by atoms with Gasteiger partial charge in [-0.2, -0.15) is 4.39 Å². The Morgan fingerprint density at radius 2 is 2.00 bits per heavy atom. The highest BCUT2D eigenvalue weighted by Gasteiger charge is 2.15. The summed E-state index contributed by atoms with van der Waals surface area (Å²) in [5, 5.41) is 0.255. The van der Waals surface area contributed by atoms with Crippen LogP contribution in [0.2, 0.25) is 5.02 Å². The van der Waals surface area contributed by atoms with Crippen molar-refractivity contribution in [2.45, 2.75) is 6.92 Å². The summed E-state index contributed by atoms with van der Waals surface area (Å²) in [4.78, 5) is 15.8. The number of fused-ring (bicyclic) bond motifs is 1. The molecule has 3 rings (SSSR count). The van der Waals surface area contributed by atoms with E-state index in [1.807, 2.05) is 0 Å². The smallest absolute Gasteiger partial charge is 0.261 e. The molecule has 7 heteroatoms. The van der Waals surface area contributed by atoms with Crippen LogP contribution in [0.5, 0.6) is 0 Å². The first kappa shape index (κ1) is 12.8. The molecule has 0 spiro atoms. The lowest BCUT2D eigenvalue weighted by Crippen LogP contribution is -2.22. The van der Waals surface area contributed by atoms with Gasteiger partial charge in [-0.25, -0.2) is 9.37 Å². The minimum absolute atomic E-state index is 0.00222. The van der Waals surface area contributed by atoms with Gasteiger partial charge in [0.25, 0.3) is 5.56 Å². The zero-order chi connectivity index (χ0) is 14.4. The molecule has 4 nitrogen and oxygen atoms in total. The number of nitrogens with zero attached hydrogens (tertiary/aromatic N) is 3. The number of hydrogen-bond donors (Lipinski definition) is 0. The van der Waals surface area contributed by atoms with Crippen LogP contribution in [0.15, 0.2) is 35.5 Å². The highest BCUT2D eigenvalue weighted by Crippen LogP contribution is 2.23. The molecule has 102 valence electrons. The van der Waals surface area contributed by atoms with Crippen LogP contribution < -0.4 is 5.56 Å². The van der Waals surface area contributed by atoms with E-state index in [0.29, 0.717) is 5.56 Å². The molecule has 1 aromatic carbocycles. The number of benzene rings is 1. The predicted molar refractivity (Wildman–Crippen MR) is 70.5 cm³/mol. The van der Waals surface area contributed by atoms with Crippen molar-refractivity contribution in [3.8, 4) is 5.69 Å². The van der Waals surface area contributed by atoms with Crippen LogP contribution in [0, 0.1) is 18.7 Å². The maximum absolute atomic E-state index is 14.1. The fourth-order valence-electron chi connectivity index (χ4n) is 2.02. The minimum Gasteiger partial charge on any atom is -0.269 e. The number of imidazole rings is 1. The van der Waals surface area contributed by atoms with Gasteiger partial charge in [0.05, 0.1) is 18.0 Å². The van der Waals surface area contributed by atoms with Crippen LogP contribution in [0.3, 0.4) is 0 Å². The molecule has 0 saturated carbocycles. The van der Waals surface area contributed by atoms with Crippen LogP contribution in [-0.2, 0) is 0 Å². The van der Waals surface area contributed by atoms with E-state index < -0.39 is 17.3 Å². The first-order valence-corrected chi connectivity index (χ1v) is 6.06. The zero-order valence-electron chi connectivity index (χ0n) is 10.3. The van der Waals surface area contributed by atoms with Gasteiger partial charge < -0.3 is 0 Å². The Morgan fingerprint density at radius 3 is 2.75 bits per heavy atom. The molecule has 2 aromatic heterocycles. The van der Waals surface area contributed by atoms with E-state index in [-0.39, 0.29) is 16.4 Å². The number of aryl methyl sites for hydroxylation is 1. The molecule has 0 saturated heterocycles. The number of halogens is 3. The Labute approximate surface area is 116 Å². The van der Waals surface area contributed by atoms with E-state index in [9.17, 15) is 13.6 Å². The van der Waals surface area contributed by atoms with Gasteiger partial charge in [0.1, 0.15) is 17.8 Å². The monoisotopic (exact) mass is 295 g/mol. The molecule has 0 radical (unpaired) electrons. The summed E-state index contributed by atoms with van der Waals surface area (Å²) < 4.78 is 29.8. The molecule has 0 aliphatic carbocycles. The van der Waals surface area contributed by atoms with Crippen LogP contribution in [0.1, 0.15) is 5.56 Å². The molecular weight excluding hydrogens is 288 g/mol. The second-order valence-corrected chi connectivity index (χ2v) is 4.72. The van der Waals surface area contributed by atoms with Gasteiger partial charge in [0.2, 0.25) is 5.95 Å². The lowest BCUT2D eigenvalue weighted by molar-refractivity contribution is 0.555. The molecule has 0 N–H and O–H groups in total. The van der Waals surface area contributed by atoms with Crippen molar-refractivity contribution in [3.63, 3.8) is 0 Å². The van der Waals surface area contributed by atoms with Gasteiger partial charge in [-0.05, 0) is 24.6 Å². The van der Waals surface area contributed by atoms with Gasteiger partial charge in [0, 0.05) is 5.02 Å². The Balaban J connectivity index is 2.44. The van der Waals surface area contributed by atoms with E-state index in [4.69, 9.17) is 11.6 Å².